The van der Waals surface area contributed by atoms with Crippen LogP contribution in [0.3, 0.4) is 0 Å². The van der Waals surface area contributed by atoms with Crippen molar-refractivity contribution in [2.75, 3.05) is 18.0 Å². The van der Waals surface area contributed by atoms with Gasteiger partial charge in [-0.3, -0.25) is 4.68 Å². The second kappa shape index (κ2) is 6.46. The summed E-state index contributed by atoms with van der Waals surface area (Å²) in [6.07, 6.45) is 2.42. The van der Waals surface area contributed by atoms with E-state index in [1.54, 1.807) is 10.9 Å². The zero-order valence-electron chi connectivity index (χ0n) is 14.2. The Bertz CT molecular complexity index is 749. The number of nitrogens with zero attached hydrogens (tertiary/aromatic N) is 5. The number of anilines is 1. The first kappa shape index (κ1) is 16.2. The largest absolute Gasteiger partial charge is 0.446 e. The van der Waals surface area contributed by atoms with Gasteiger partial charge in [0.15, 0.2) is 5.82 Å². The molecule has 0 radical (unpaired) electrons. The van der Waals surface area contributed by atoms with Gasteiger partial charge in [0.2, 0.25) is 0 Å². The van der Waals surface area contributed by atoms with Crippen molar-refractivity contribution >= 4 is 11.9 Å². The van der Waals surface area contributed by atoms with E-state index in [4.69, 9.17) is 10.5 Å². The summed E-state index contributed by atoms with van der Waals surface area (Å²) in [4.78, 5) is 13.0. The number of carbonyl (C=O) groups excluding carboxylic acids is 1. The third kappa shape index (κ3) is 3.04. The number of aromatic nitrogens is 4. The number of ether oxygens (including phenoxy) is 1. The Labute approximate surface area is 140 Å². The van der Waals surface area contributed by atoms with Crippen LogP contribution in [0.15, 0.2) is 12.3 Å². The van der Waals surface area contributed by atoms with Gasteiger partial charge in [0.1, 0.15) is 11.8 Å². The molecule has 128 valence electrons. The Morgan fingerprint density at radius 1 is 1.25 bits per heavy atom. The minimum absolute atomic E-state index is 0.109. The Morgan fingerprint density at radius 3 is 2.54 bits per heavy atom. The fourth-order valence-corrected chi connectivity index (χ4v) is 3.09. The molecule has 0 spiro atoms. The van der Waals surface area contributed by atoms with E-state index in [1.165, 1.54) is 0 Å². The van der Waals surface area contributed by atoms with Gasteiger partial charge < -0.3 is 15.4 Å². The molecule has 1 fully saturated rings. The SMILES string of the molecule is Cc1c(-c2ccnn2C)nnc(N2CCC(OC(N)=O)CC2)c1C. The van der Waals surface area contributed by atoms with E-state index in [9.17, 15) is 4.79 Å². The molecule has 1 aliphatic rings. The summed E-state index contributed by atoms with van der Waals surface area (Å²) < 4.78 is 6.87. The van der Waals surface area contributed by atoms with E-state index in [1.807, 2.05) is 13.1 Å². The van der Waals surface area contributed by atoms with Crippen molar-refractivity contribution in [3.63, 3.8) is 0 Å². The summed E-state index contributed by atoms with van der Waals surface area (Å²) in [6.45, 7) is 5.64. The Morgan fingerprint density at radius 2 is 1.96 bits per heavy atom. The number of hydrogen-bond donors (Lipinski definition) is 1. The molecule has 0 atom stereocenters. The van der Waals surface area contributed by atoms with Crippen LogP contribution in [0.4, 0.5) is 10.6 Å². The molecular weight excluding hydrogens is 308 g/mol. The van der Waals surface area contributed by atoms with E-state index >= 15 is 0 Å². The summed E-state index contributed by atoms with van der Waals surface area (Å²) in [7, 11) is 1.89. The second-order valence-electron chi connectivity index (χ2n) is 6.09. The van der Waals surface area contributed by atoms with Crippen LogP contribution in [0.1, 0.15) is 24.0 Å². The minimum Gasteiger partial charge on any atom is -0.446 e. The topological polar surface area (TPSA) is 99.2 Å². The van der Waals surface area contributed by atoms with Gasteiger partial charge >= 0.3 is 6.09 Å². The van der Waals surface area contributed by atoms with Gasteiger partial charge in [0.25, 0.3) is 0 Å². The number of piperidine rings is 1. The molecule has 0 unspecified atom stereocenters. The third-order valence-corrected chi connectivity index (χ3v) is 4.59. The molecule has 24 heavy (non-hydrogen) atoms. The number of carbonyl (C=O) groups is 1. The molecule has 0 aromatic carbocycles. The molecule has 8 heteroatoms. The predicted octanol–water partition coefficient (Wildman–Crippen LogP) is 1.56. The zero-order chi connectivity index (χ0) is 17.3. The van der Waals surface area contributed by atoms with Crippen molar-refractivity contribution in [3.8, 4) is 11.4 Å². The normalized spacial score (nSPS) is 15.5. The van der Waals surface area contributed by atoms with Crippen molar-refractivity contribution in [1.82, 2.24) is 20.0 Å². The molecule has 3 heterocycles. The van der Waals surface area contributed by atoms with Gasteiger partial charge in [-0.25, -0.2) is 4.79 Å². The van der Waals surface area contributed by atoms with E-state index in [0.717, 1.165) is 54.3 Å². The molecule has 0 aliphatic carbocycles. The number of rotatable bonds is 3. The number of primary amides is 1. The molecule has 0 bridgehead atoms. The van der Waals surface area contributed by atoms with Gasteiger partial charge in [0, 0.05) is 39.2 Å². The van der Waals surface area contributed by atoms with Crippen LogP contribution in [0.5, 0.6) is 0 Å². The highest BCUT2D eigenvalue weighted by atomic mass is 16.6. The third-order valence-electron chi connectivity index (χ3n) is 4.59. The van der Waals surface area contributed by atoms with Crippen molar-refractivity contribution in [2.24, 2.45) is 12.8 Å². The Hall–Kier alpha value is -2.64. The fourth-order valence-electron chi connectivity index (χ4n) is 3.09. The molecule has 3 rings (SSSR count). The van der Waals surface area contributed by atoms with E-state index in [-0.39, 0.29) is 6.10 Å². The molecule has 1 aliphatic heterocycles. The van der Waals surface area contributed by atoms with Crippen LogP contribution in [-0.4, -0.2) is 45.3 Å². The van der Waals surface area contributed by atoms with Gasteiger partial charge in [-0.2, -0.15) is 5.10 Å². The number of hydrogen-bond acceptors (Lipinski definition) is 6. The van der Waals surface area contributed by atoms with E-state index in [0.29, 0.717) is 0 Å². The monoisotopic (exact) mass is 330 g/mol. The lowest BCUT2D eigenvalue weighted by molar-refractivity contribution is 0.0911. The molecule has 2 N–H and O–H groups in total. The van der Waals surface area contributed by atoms with Crippen molar-refractivity contribution < 1.29 is 9.53 Å². The van der Waals surface area contributed by atoms with Crippen LogP contribution in [0.2, 0.25) is 0 Å². The minimum atomic E-state index is -0.708. The van der Waals surface area contributed by atoms with E-state index < -0.39 is 6.09 Å². The summed E-state index contributed by atoms with van der Waals surface area (Å²) in [5, 5.41) is 13.1. The second-order valence-corrected chi connectivity index (χ2v) is 6.09. The molecular formula is C16H22N6O2. The van der Waals surface area contributed by atoms with Crippen LogP contribution in [0, 0.1) is 13.8 Å². The number of amides is 1. The molecule has 1 saturated heterocycles. The zero-order valence-corrected chi connectivity index (χ0v) is 14.2. The average molecular weight is 330 g/mol. The van der Waals surface area contributed by atoms with Crippen molar-refractivity contribution in [2.45, 2.75) is 32.8 Å². The van der Waals surface area contributed by atoms with Crippen LogP contribution < -0.4 is 10.6 Å². The average Bonchev–Trinajstić information content (AvgIpc) is 2.96. The summed E-state index contributed by atoms with van der Waals surface area (Å²) in [5.74, 6) is 0.885. The highest BCUT2D eigenvalue weighted by Gasteiger charge is 2.25. The van der Waals surface area contributed by atoms with Crippen molar-refractivity contribution in [3.05, 3.63) is 23.4 Å². The van der Waals surface area contributed by atoms with E-state index in [2.05, 4.69) is 34.0 Å². The maximum absolute atomic E-state index is 10.9. The fraction of sp³-hybridized carbons (Fsp3) is 0.500. The quantitative estimate of drug-likeness (QED) is 0.917. The smallest absolute Gasteiger partial charge is 0.404 e. The lowest BCUT2D eigenvalue weighted by Gasteiger charge is -2.33. The Balaban J connectivity index is 1.80. The molecule has 2 aromatic rings. The lowest BCUT2D eigenvalue weighted by Crippen LogP contribution is -2.39. The highest BCUT2D eigenvalue weighted by molar-refractivity contribution is 5.65. The van der Waals surface area contributed by atoms with Crippen LogP contribution in [0.25, 0.3) is 11.4 Å². The first-order valence-corrected chi connectivity index (χ1v) is 8.00. The number of nitrogens with two attached hydrogens (primary N) is 1. The van der Waals surface area contributed by atoms with Crippen LogP contribution in [-0.2, 0) is 11.8 Å². The summed E-state index contributed by atoms with van der Waals surface area (Å²) in [6, 6.07) is 1.93. The molecule has 8 nitrogen and oxygen atoms in total. The van der Waals surface area contributed by atoms with Crippen molar-refractivity contribution in [1.29, 1.82) is 0 Å². The maximum atomic E-state index is 10.9. The molecule has 2 aromatic heterocycles. The standard InChI is InChI=1S/C16H22N6O2/c1-10-11(2)15(20-19-14(10)13-4-7-18-21(13)3)22-8-5-12(6-9-22)24-16(17)23/h4,7,12H,5-6,8-9H2,1-3H3,(H2,17,23). The molecule has 1 amide bonds. The molecule has 0 saturated carbocycles. The van der Waals surface area contributed by atoms with Crippen LogP contribution >= 0.6 is 0 Å². The lowest BCUT2D eigenvalue weighted by atomic mass is 10.0. The predicted molar refractivity (Wildman–Crippen MR) is 89.6 cm³/mol. The first-order valence-electron chi connectivity index (χ1n) is 8.00. The first-order chi connectivity index (χ1) is 11.5. The highest BCUT2D eigenvalue weighted by Crippen LogP contribution is 2.29. The number of aryl methyl sites for hydroxylation is 1. The summed E-state index contributed by atoms with van der Waals surface area (Å²) >= 11 is 0. The van der Waals surface area contributed by atoms with Gasteiger partial charge in [-0.05, 0) is 31.0 Å². The van der Waals surface area contributed by atoms with Gasteiger partial charge in [0.05, 0.1) is 5.69 Å². The van der Waals surface area contributed by atoms with Gasteiger partial charge in [-0.1, -0.05) is 0 Å². The Kier molecular flexibility index (Phi) is 4.37. The van der Waals surface area contributed by atoms with Gasteiger partial charge in [-0.15, -0.1) is 10.2 Å². The summed E-state index contributed by atoms with van der Waals surface area (Å²) in [5.41, 5.74) is 9.08. The maximum Gasteiger partial charge on any atom is 0.404 e.